The van der Waals surface area contributed by atoms with Crippen LogP contribution in [0.2, 0.25) is 0 Å². The molecule has 3 aromatic carbocycles. The highest BCUT2D eigenvalue weighted by atomic mass is 16.2. The van der Waals surface area contributed by atoms with E-state index in [-0.39, 0.29) is 24.8 Å². The maximum Gasteiger partial charge on any atom is 0.243 e. The highest BCUT2D eigenvalue weighted by Crippen LogP contribution is 2.19. The normalized spacial score (nSPS) is 11.6. The standard InChI is InChI=1S/C25H27N3O3/c1-16-8-6-13-22(17(16)2)28-24(30)15-26-25(31)18(3)27-23(29)14-20-11-7-10-19-9-4-5-12-21(19)20/h4-13,18H,14-15H2,1-3H3,(H,26,31)(H,27,29)(H,28,30)/t18-/m1/s1. The van der Waals surface area contributed by atoms with E-state index >= 15 is 0 Å². The van der Waals surface area contributed by atoms with Crippen LogP contribution < -0.4 is 16.0 Å². The second-order valence-corrected chi connectivity index (χ2v) is 7.62. The second kappa shape index (κ2) is 9.89. The quantitative estimate of drug-likeness (QED) is 0.551. The average Bonchev–Trinajstić information content (AvgIpc) is 2.75. The SMILES string of the molecule is Cc1cccc(NC(=O)CNC(=O)[C@@H](C)NC(=O)Cc2cccc3ccccc23)c1C. The molecule has 0 aliphatic heterocycles. The van der Waals surface area contributed by atoms with Crippen molar-refractivity contribution in [3.8, 4) is 0 Å². The third kappa shape index (κ3) is 5.69. The van der Waals surface area contributed by atoms with Crippen LogP contribution in [-0.2, 0) is 20.8 Å². The van der Waals surface area contributed by atoms with E-state index in [0.29, 0.717) is 0 Å². The largest absolute Gasteiger partial charge is 0.345 e. The van der Waals surface area contributed by atoms with Crippen molar-refractivity contribution in [2.45, 2.75) is 33.2 Å². The Morgan fingerprint density at radius 3 is 2.39 bits per heavy atom. The first-order valence-corrected chi connectivity index (χ1v) is 10.2. The summed E-state index contributed by atoms with van der Waals surface area (Å²) in [5, 5.41) is 10.1. The molecule has 0 bridgehead atoms. The number of carbonyl (C=O) groups is 3. The highest BCUT2D eigenvalue weighted by Gasteiger charge is 2.17. The molecule has 0 heterocycles. The monoisotopic (exact) mass is 417 g/mol. The van der Waals surface area contributed by atoms with Gasteiger partial charge in [0.2, 0.25) is 17.7 Å². The summed E-state index contributed by atoms with van der Waals surface area (Å²) in [5.41, 5.74) is 3.67. The molecule has 0 aliphatic rings. The molecule has 0 saturated heterocycles. The average molecular weight is 418 g/mol. The molecule has 6 heteroatoms. The van der Waals surface area contributed by atoms with E-state index in [2.05, 4.69) is 16.0 Å². The summed E-state index contributed by atoms with van der Waals surface area (Å²) in [7, 11) is 0. The topological polar surface area (TPSA) is 87.3 Å². The first-order valence-electron chi connectivity index (χ1n) is 10.2. The Balaban J connectivity index is 1.50. The minimum Gasteiger partial charge on any atom is -0.345 e. The van der Waals surface area contributed by atoms with Crippen molar-refractivity contribution in [3.05, 3.63) is 77.4 Å². The number of aryl methyl sites for hydroxylation is 1. The van der Waals surface area contributed by atoms with Crippen LogP contribution >= 0.6 is 0 Å². The molecule has 1 atom stereocenters. The zero-order chi connectivity index (χ0) is 22.4. The Morgan fingerprint density at radius 2 is 1.58 bits per heavy atom. The van der Waals surface area contributed by atoms with E-state index < -0.39 is 11.9 Å². The number of hydrogen-bond acceptors (Lipinski definition) is 3. The predicted molar refractivity (Wildman–Crippen MR) is 123 cm³/mol. The van der Waals surface area contributed by atoms with Crippen LogP contribution in [0.15, 0.2) is 60.7 Å². The maximum atomic E-state index is 12.4. The molecule has 3 amide bonds. The lowest BCUT2D eigenvalue weighted by Gasteiger charge is -2.15. The van der Waals surface area contributed by atoms with Gasteiger partial charge in [0.25, 0.3) is 0 Å². The maximum absolute atomic E-state index is 12.4. The lowest BCUT2D eigenvalue weighted by Crippen LogP contribution is -2.47. The number of hydrogen-bond donors (Lipinski definition) is 3. The summed E-state index contributed by atoms with van der Waals surface area (Å²) in [6.07, 6.45) is 0.173. The summed E-state index contributed by atoms with van der Waals surface area (Å²) in [6.45, 7) is 5.32. The number of carbonyl (C=O) groups excluding carboxylic acids is 3. The molecule has 3 rings (SSSR count). The van der Waals surface area contributed by atoms with E-state index in [9.17, 15) is 14.4 Å². The second-order valence-electron chi connectivity index (χ2n) is 7.62. The Morgan fingerprint density at radius 1 is 0.871 bits per heavy atom. The van der Waals surface area contributed by atoms with Crippen LogP contribution in [-0.4, -0.2) is 30.3 Å². The number of anilines is 1. The molecule has 160 valence electrons. The minimum absolute atomic E-state index is 0.171. The molecule has 6 nitrogen and oxygen atoms in total. The van der Waals surface area contributed by atoms with Crippen LogP contribution in [0.1, 0.15) is 23.6 Å². The molecule has 0 radical (unpaired) electrons. The molecule has 0 saturated carbocycles. The summed E-state index contributed by atoms with van der Waals surface area (Å²) in [5.74, 6) is -0.988. The van der Waals surface area contributed by atoms with E-state index in [4.69, 9.17) is 0 Å². The van der Waals surface area contributed by atoms with Gasteiger partial charge >= 0.3 is 0 Å². The minimum atomic E-state index is -0.754. The Hall–Kier alpha value is -3.67. The van der Waals surface area contributed by atoms with Gasteiger partial charge in [0.15, 0.2) is 0 Å². The fourth-order valence-electron chi connectivity index (χ4n) is 3.38. The van der Waals surface area contributed by atoms with Gasteiger partial charge in [-0.15, -0.1) is 0 Å². The summed E-state index contributed by atoms with van der Waals surface area (Å²) >= 11 is 0. The molecule has 3 aromatic rings. The number of benzene rings is 3. The first kappa shape index (κ1) is 22.0. The number of amides is 3. The highest BCUT2D eigenvalue weighted by molar-refractivity contribution is 5.97. The fraction of sp³-hybridized carbons (Fsp3) is 0.240. The number of rotatable bonds is 7. The van der Waals surface area contributed by atoms with E-state index in [1.165, 1.54) is 0 Å². The third-order valence-corrected chi connectivity index (χ3v) is 5.30. The van der Waals surface area contributed by atoms with Crippen molar-refractivity contribution in [2.24, 2.45) is 0 Å². The van der Waals surface area contributed by atoms with Crippen molar-refractivity contribution < 1.29 is 14.4 Å². The van der Waals surface area contributed by atoms with Crippen LogP contribution in [0.5, 0.6) is 0 Å². The summed E-state index contributed by atoms with van der Waals surface area (Å²) in [4.78, 5) is 36.9. The van der Waals surface area contributed by atoms with Crippen molar-refractivity contribution in [2.75, 3.05) is 11.9 Å². The van der Waals surface area contributed by atoms with Gasteiger partial charge < -0.3 is 16.0 Å². The molecule has 0 fully saturated rings. The van der Waals surface area contributed by atoms with Gasteiger partial charge in [0, 0.05) is 5.69 Å². The van der Waals surface area contributed by atoms with Gasteiger partial charge in [-0.25, -0.2) is 0 Å². The smallest absolute Gasteiger partial charge is 0.243 e. The van der Waals surface area contributed by atoms with Gasteiger partial charge in [-0.1, -0.05) is 54.6 Å². The lowest BCUT2D eigenvalue weighted by molar-refractivity contribution is -0.129. The van der Waals surface area contributed by atoms with E-state index in [0.717, 1.165) is 33.2 Å². The van der Waals surface area contributed by atoms with Crippen LogP contribution in [0, 0.1) is 13.8 Å². The van der Waals surface area contributed by atoms with Gasteiger partial charge in [0.1, 0.15) is 6.04 Å². The van der Waals surface area contributed by atoms with Crippen molar-refractivity contribution in [1.29, 1.82) is 0 Å². The number of fused-ring (bicyclic) bond motifs is 1. The van der Waals surface area contributed by atoms with E-state index in [1.54, 1.807) is 6.92 Å². The molecule has 0 aromatic heterocycles. The molecule has 3 N–H and O–H groups in total. The van der Waals surface area contributed by atoms with Gasteiger partial charge in [-0.05, 0) is 54.3 Å². The number of nitrogens with one attached hydrogen (secondary N) is 3. The Labute approximate surface area is 182 Å². The van der Waals surface area contributed by atoms with E-state index in [1.807, 2.05) is 74.5 Å². The molecule has 0 unspecified atom stereocenters. The molecule has 31 heavy (non-hydrogen) atoms. The Bertz CT molecular complexity index is 1120. The van der Waals surface area contributed by atoms with Crippen molar-refractivity contribution >= 4 is 34.2 Å². The fourth-order valence-corrected chi connectivity index (χ4v) is 3.38. The van der Waals surface area contributed by atoms with Crippen LogP contribution in [0.4, 0.5) is 5.69 Å². The van der Waals surface area contributed by atoms with Crippen molar-refractivity contribution in [3.63, 3.8) is 0 Å². The van der Waals surface area contributed by atoms with Gasteiger partial charge in [0.05, 0.1) is 13.0 Å². The van der Waals surface area contributed by atoms with Gasteiger partial charge in [-0.3, -0.25) is 14.4 Å². The zero-order valence-electron chi connectivity index (χ0n) is 18.0. The first-order chi connectivity index (χ1) is 14.8. The third-order valence-electron chi connectivity index (χ3n) is 5.30. The summed E-state index contributed by atoms with van der Waals surface area (Å²) in [6, 6.07) is 18.6. The van der Waals surface area contributed by atoms with Crippen LogP contribution in [0.25, 0.3) is 10.8 Å². The van der Waals surface area contributed by atoms with Crippen molar-refractivity contribution in [1.82, 2.24) is 10.6 Å². The zero-order valence-corrected chi connectivity index (χ0v) is 18.0. The molecular weight excluding hydrogens is 390 g/mol. The lowest BCUT2D eigenvalue weighted by atomic mass is 10.0. The Kier molecular flexibility index (Phi) is 7.03. The van der Waals surface area contributed by atoms with Gasteiger partial charge in [-0.2, -0.15) is 0 Å². The molecule has 0 spiro atoms. The summed E-state index contributed by atoms with van der Waals surface area (Å²) < 4.78 is 0. The van der Waals surface area contributed by atoms with Crippen LogP contribution in [0.3, 0.4) is 0 Å². The molecule has 0 aliphatic carbocycles. The molecular formula is C25H27N3O3. The predicted octanol–water partition coefficient (Wildman–Crippen LogP) is 3.26.